The van der Waals surface area contributed by atoms with E-state index in [1.54, 1.807) is 0 Å². The van der Waals surface area contributed by atoms with Gasteiger partial charge < -0.3 is 4.90 Å². The van der Waals surface area contributed by atoms with Gasteiger partial charge in [0.25, 0.3) is 0 Å². The van der Waals surface area contributed by atoms with E-state index in [9.17, 15) is 0 Å². The second-order valence-corrected chi connectivity index (χ2v) is 7.94. The third-order valence-corrected chi connectivity index (χ3v) is 5.86. The van der Waals surface area contributed by atoms with Crippen molar-refractivity contribution in [3.63, 3.8) is 0 Å². The average Bonchev–Trinajstić information content (AvgIpc) is 2.60. The molecule has 0 amide bonds. The maximum Gasteiger partial charge on any atom is 0.00728 e. The molecule has 0 spiro atoms. The van der Waals surface area contributed by atoms with Crippen LogP contribution in [0.15, 0.2) is 24.8 Å². The molecule has 0 aliphatic carbocycles. The van der Waals surface area contributed by atoms with Crippen LogP contribution in [-0.2, 0) is 12.8 Å². The first-order valence-corrected chi connectivity index (χ1v) is 10.5. The van der Waals surface area contributed by atoms with Gasteiger partial charge in [0.1, 0.15) is 0 Å². The molecule has 0 radical (unpaired) electrons. The van der Waals surface area contributed by atoms with Crippen molar-refractivity contribution in [1.29, 1.82) is 0 Å². The molecule has 1 aromatic carbocycles. The molecular weight excluding hydrogens is 298 g/mol. The number of benzene rings is 1. The zero-order valence-electron chi connectivity index (χ0n) is 15.0. The van der Waals surface area contributed by atoms with Gasteiger partial charge >= 0.3 is 0 Å². The Morgan fingerprint density at radius 3 is 2.70 bits per heavy atom. The Morgan fingerprint density at radius 1 is 1.26 bits per heavy atom. The second kappa shape index (κ2) is 10.2. The van der Waals surface area contributed by atoms with Crippen LogP contribution in [0.3, 0.4) is 0 Å². The van der Waals surface area contributed by atoms with E-state index in [0.717, 1.165) is 12.3 Å². The van der Waals surface area contributed by atoms with Crippen LogP contribution < -0.4 is 0 Å². The molecule has 0 saturated carbocycles. The van der Waals surface area contributed by atoms with Crippen LogP contribution >= 0.6 is 11.8 Å². The molecule has 0 aromatic heterocycles. The molecule has 2 rings (SSSR count). The fourth-order valence-corrected chi connectivity index (χ4v) is 4.50. The summed E-state index contributed by atoms with van der Waals surface area (Å²) in [6.45, 7) is 12.3. The molecule has 1 heterocycles. The molecule has 1 nitrogen and oxygen atoms in total. The van der Waals surface area contributed by atoms with Crippen molar-refractivity contribution < 1.29 is 0 Å². The number of unbranched alkanes of at least 4 members (excludes halogenated alkanes) is 1. The lowest BCUT2D eigenvalue weighted by Gasteiger charge is -2.30. The van der Waals surface area contributed by atoms with E-state index in [2.05, 4.69) is 55.3 Å². The summed E-state index contributed by atoms with van der Waals surface area (Å²) >= 11 is 2.11. The van der Waals surface area contributed by atoms with E-state index in [-0.39, 0.29) is 0 Å². The zero-order chi connectivity index (χ0) is 16.5. The number of aryl methyl sites for hydroxylation is 1. The number of rotatable bonds is 9. The third kappa shape index (κ3) is 6.00. The first-order valence-electron chi connectivity index (χ1n) is 9.31. The van der Waals surface area contributed by atoms with Crippen molar-refractivity contribution in [3.05, 3.63) is 41.5 Å². The zero-order valence-corrected chi connectivity index (χ0v) is 15.8. The molecule has 1 fully saturated rings. The highest BCUT2D eigenvalue weighted by Gasteiger charge is 2.17. The summed E-state index contributed by atoms with van der Waals surface area (Å²) in [7, 11) is 0. The molecular formula is C21H33NS. The number of hydrogen-bond donors (Lipinski definition) is 0. The SMILES string of the molecule is C=Cc1ccc(CC(CCCC)CN2CCSCC2)cc1CC. The number of hydrogen-bond acceptors (Lipinski definition) is 2. The molecule has 1 saturated heterocycles. The van der Waals surface area contributed by atoms with E-state index in [1.165, 1.54) is 73.5 Å². The first kappa shape index (κ1) is 18.6. The summed E-state index contributed by atoms with van der Waals surface area (Å²) in [5.74, 6) is 3.43. The average molecular weight is 332 g/mol. The van der Waals surface area contributed by atoms with Gasteiger partial charge in [0.05, 0.1) is 0 Å². The Hall–Kier alpha value is -0.730. The summed E-state index contributed by atoms with van der Waals surface area (Å²) in [5, 5.41) is 0. The van der Waals surface area contributed by atoms with Crippen molar-refractivity contribution in [2.75, 3.05) is 31.1 Å². The van der Waals surface area contributed by atoms with Crippen LogP contribution in [0.4, 0.5) is 0 Å². The normalized spacial score (nSPS) is 17.1. The van der Waals surface area contributed by atoms with Crippen molar-refractivity contribution >= 4 is 17.8 Å². The fraction of sp³-hybridized carbons (Fsp3) is 0.619. The number of nitrogens with zero attached hydrogens (tertiary/aromatic N) is 1. The van der Waals surface area contributed by atoms with E-state index in [0.29, 0.717) is 0 Å². The molecule has 1 aliphatic rings. The minimum Gasteiger partial charge on any atom is -0.301 e. The molecule has 1 atom stereocenters. The third-order valence-electron chi connectivity index (χ3n) is 4.92. The van der Waals surface area contributed by atoms with Gasteiger partial charge in [-0.3, -0.25) is 0 Å². The second-order valence-electron chi connectivity index (χ2n) is 6.72. The van der Waals surface area contributed by atoms with Gasteiger partial charge in [-0.05, 0) is 41.9 Å². The molecule has 23 heavy (non-hydrogen) atoms. The van der Waals surface area contributed by atoms with Crippen LogP contribution in [0.25, 0.3) is 6.08 Å². The lowest BCUT2D eigenvalue weighted by molar-refractivity contribution is 0.240. The van der Waals surface area contributed by atoms with Gasteiger partial charge in [0, 0.05) is 31.1 Å². The van der Waals surface area contributed by atoms with Gasteiger partial charge in [-0.25, -0.2) is 0 Å². The Labute approximate surface area is 147 Å². The Bertz CT molecular complexity index is 477. The molecule has 0 N–H and O–H groups in total. The molecule has 1 unspecified atom stereocenters. The maximum absolute atomic E-state index is 3.94. The lowest BCUT2D eigenvalue weighted by atomic mass is 9.91. The topological polar surface area (TPSA) is 3.24 Å². The summed E-state index contributed by atoms with van der Waals surface area (Å²) in [5.41, 5.74) is 4.26. The molecule has 0 bridgehead atoms. The van der Waals surface area contributed by atoms with Crippen LogP contribution in [0.2, 0.25) is 0 Å². The summed E-state index contributed by atoms with van der Waals surface area (Å²) in [6, 6.07) is 7.00. The molecule has 1 aromatic rings. The minimum absolute atomic E-state index is 0.803. The Balaban J connectivity index is 2.02. The minimum atomic E-state index is 0.803. The van der Waals surface area contributed by atoms with E-state index < -0.39 is 0 Å². The monoisotopic (exact) mass is 331 g/mol. The van der Waals surface area contributed by atoms with Crippen LogP contribution in [0.5, 0.6) is 0 Å². The fourth-order valence-electron chi connectivity index (χ4n) is 3.52. The van der Waals surface area contributed by atoms with Crippen LogP contribution in [0.1, 0.15) is 49.8 Å². The highest BCUT2D eigenvalue weighted by molar-refractivity contribution is 7.99. The predicted octanol–water partition coefficient (Wildman–Crippen LogP) is 5.29. The molecule has 1 aliphatic heterocycles. The van der Waals surface area contributed by atoms with Crippen molar-refractivity contribution in [3.8, 4) is 0 Å². The first-order chi connectivity index (χ1) is 11.3. The van der Waals surface area contributed by atoms with Gasteiger partial charge in [0.2, 0.25) is 0 Å². The summed E-state index contributed by atoms with van der Waals surface area (Å²) in [6.07, 6.45) is 8.35. The standard InChI is InChI=1S/C21H33NS/c1-4-7-8-19(17-22-11-13-23-14-12-22)15-18-9-10-20(5-2)21(6-3)16-18/h5,9-10,16,19H,2,4,6-8,11-15,17H2,1,3H3. The summed E-state index contributed by atoms with van der Waals surface area (Å²) in [4.78, 5) is 2.69. The van der Waals surface area contributed by atoms with Crippen molar-refractivity contribution in [2.45, 2.75) is 46.0 Å². The quantitative estimate of drug-likeness (QED) is 0.605. The van der Waals surface area contributed by atoms with Gasteiger partial charge in [0.15, 0.2) is 0 Å². The van der Waals surface area contributed by atoms with E-state index in [1.807, 2.05) is 6.08 Å². The Kier molecular flexibility index (Phi) is 8.25. The lowest BCUT2D eigenvalue weighted by Crippen LogP contribution is -2.37. The van der Waals surface area contributed by atoms with Crippen molar-refractivity contribution in [2.24, 2.45) is 5.92 Å². The Morgan fingerprint density at radius 2 is 2.04 bits per heavy atom. The maximum atomic E-state index is 3.94. The molecule has 128 valence electrons. The highest BCUT2D eigenvalue weighted by Crippen LogP contribution is 2.22. The van der Waals surface area contributed by atoms with Crippen molar-refractivity contribution in [1.82, 2.24) is 4.90 Å². The van der Waals surface area contributed by atoms with Crippen LogP contribution in [0, 0.1) is 5.92 Å². The largest absolute Gasteiger partial charge is 0.301 e. The van der Waals surface area contributed by atoms with E-state index >= 15 is 0 Å². The highest BCUT2D eigenvalue weighted by atomic mass is 32.2. The van der Waals surface area contributed by atoms with Gasteiger partial charge in [-0.2, -0.15) is 11.8 Å². The van der Waals surface area contributed by atoms with E-state index in [4.69, 9.17) is 0 Å². The smallest absolute Gasteiger partial charge is 0.00728 e. The number of thioether (sulfide) groups is 1. The van der Waals surface area contributed by atoms with Gasteiger partial charge in [-0.1, -0.05) is 57.5 Å². The summed E-state index contributed by atoms with van der Waals surface area (Å²) < 4.78 is 0. The molecule has 2 heteroatoms. The predicted molar refractivity (Wildman–Crippen MR) is 106 cm³/mol. The van der Waals surface area contributed by atoms with Gasteiger partial charge in [-0.15, -0.1) is 0 Å². The van der Waals surface area contributed by atoms with Crippen LogP contribution in [-0.4, -0.2) is 36.0 Å².